The first-order valence-corrected chi connectivity index (χ1v) is 7.89. The number of carbonyl (C=O) groups is 2. The summed E-state index contributed by atoms with van der Waals surface area (Å²) in [5.41, 5.74) is 1.52. The topological polar surface area (TPSA) is 74.1 Å². The second-order valence-corrected chi connectivity index (χ2v) is 5.54. The molecule has 1 amide bonds. The van der Waals surface area contributed by atoms with E-state index >= 15 is 0 Å². The van der Waals surface area contributed by atoms with Crippen LogP contribution in [0.1, 0.15) is 35.5 Å². The lowest BCUT2D eigenvalue weighted by atomic mass is 10.1. The second-order valence-electron chi connectivity index (χ2n) is 4.71. The van der Waals surface area contributed by atoms with E-state index in [1.807, 2.05) is 13.0 Å². The van der Waals surface area contributed by atoms with Crippen LogP contribution in [0.2, 0.25) is 0 Å². The summed E-state index contributed by atoms with van der Waals surface area (Å²) in [5, 5.41) is 11.3. The lowest BCUT2D eigenvalue weighted by Crippen LogP contribution is -2.27. The number of anilines is 1. The normalized spacial score (nSPS) is 10.5. The lowest BCUT2D eigenvalue weighted by molar-refractivity contribution is -0.116. The monoisotopic (exact) mass is 325 g/mol. The molecular weight excluding hydrogens is 310 g/mol. The average molecular weight is 325 g/mol. The van der Waals surface area contributed by atoms with Gasteiger partial charge in [-0.15, -0.1) is 11.3 Å². The first-order chi connectivity index (χ1) is 11.0. The zero-order chi connectivity index (χ0) is 16.8. The van der Waals surface area contributed by atoms with Gasteiger partial charge < -0.3 is 0 Å². The fourth-order valence-electron chi connectivity index (χ4n) is 1.97. The molecular formula is C17H15N3O2S. The van der Waals surface area contributed by atoms with Gasteiger partial charge >= 0.3 is 0 Å². The highest BCUT2D eigenvalue weighted by Gasteiger charge is 2.12. The molecule has 0 unspecified atom stereocenters. The molecule has 0 atom stereocenters. The number of benzene rings is 1. The highest BCUT2D eigenvalue weighted by Crippen LogP contribution is 2.21. The molecule has 0 spiro atoms. The van der Waals surface area contributed by atoms with Crippen molar-refractivity contribution in [3.05, 3.63) is 52.5 Å². The van der Waals surface area contributed by atoms with Gasteiger partial charge in [-0.2, -0.15) is 5.26 Å². The lowest BCUT2D eigenvalue weighted by Gasteiger charge is -2.14. The highest BCUT2D eigenvalue weighted by atomic mass is 32.1. The fraction of sp³-hybridized carbons (Fsp3) is 0.176. The number of hydrogen-bond acceptors (Lipinski definition) is 5. The van der Waals surface area contributed by atoms with Crippen molar-refractivity contribution in [1.29, 1.82) is 5.26 Å². The second kappa shape index (κ2) is 7.47. The van der Waals surface area contributed by atoms with Crippen molar-refractivity contribution >= 4 is 34.2 Å². The van der Waals surface area contributed by atoms with Crippen LogP contribution in [0.25, 0.3) is 6.08 Å². The van der Waals surface area contributed by atoms with Crippen LogP contribution in [0, 0.1) is 11.3 Å². The van der Waals surface area contributed by atoms with Crippen LogP contribution >= 0.6 is 11.3 Å². The Morgan fingerprint density at radius 1 is 1.43 bits per heavy atom. The maximum absolute atomic E-state index is 12.1. The van der Waals surface area contributed by atoms with Crippen molar-refractivity contribution in [2.24, 2.45) is 0 Å². The van der Waals surface area contributed by atoms with Crippen LogP contribution < -0.4 is 4.90 Å². The van der Waals surface area contributed by atoms with Gasteiger partial charge in [0.05, 0.1) is 17.3 Å². The van der Waals surface area contributed by atoms with Crippen molar-refractivity contribution in [3.8, 4) is 6.07 Å². The summed E-state index contributed by atoms with van der Waals surface area (Å²) in [6, 6.07) is 8.54. The molecule has 23 heavy (non-hydrogen) atoms. The maximum atomic E-state index is 12.1. The van der Waals surface area contributed by atoms with E-state index in [1.165, 1.54) is 24.3 Å². The number of allylic oxidation sites excluding steroid dienone is 1. The number of hydrogen-bond donors (Lipinski definition) is 0. The zero-order valence-electron chi connectivity index (χ0n) is 12.8. The quantitative estimate of drug-likeness (QED) is 0.624. The summed E-state index contributed by atoms with van der Waals surface area (Å²) in [7, 11) is 0. The molecule has 116 valence electrons. The third kappa shape index (κ3) is 4.11. The van der Waals surface area contributed by atoms with E-state index in [0.29, 0.717) is 28.5 Å². The summed E-state index contributed by atoms with van der Waals surface area (Å²) >= 11 is 1.35. The van der Waals surface area contributed by atoms with Gasteiger partial charge in [0.25, 0.3) is 0 Å². The Morgan fingerprint density at radius 2 is 2.22 bits per heavy atom. The smallest absolute Gasteiger partial charge is 0.225 e. The predicted molar refractivity (Wildman–Crippen MR) is 90.3 cm³/mol. The Kier molecular flexibility index (Phi) is 5.39. The Bertz CT molecular complexity index is 802. The Hall–Kier alpha value is -2.78. The van der Waals surface area contributed by atoms with Crippen molar-refractivity contribution < 1.29 is 9.59 Å². The van der Waals surface area contributed by atoms with Crippen LogP contribution in [0.5, 0.6) is 0 Å². The van der Waals surface area contributed by atoms with Gasteiger partial charge in [0, 0.05) is 24.4 Å². The molecule has 0 fully saturated rings. The summed E-state index contributed by atoms with van der Waals surface area (Å²) in [6.07, 6.45) is 3.02. The fourth-order valence-corrected chi connectivity index (χ4v) is 2.87. The molecule has 1 heterocycles. The number of ketones is 1. The predicted octanol–water partition coefficient (Wildman–Crippen LogP) is 3.28. The van der Waals surface area contributed by atoms with Gasteiger partial charge in [-0.1, -0.05) is 12.1 Å². The molecule has 2 rings (SSSR count). The maximum Gasteiger partial charge on any atom is 0.225 e. The van der Waals surface area contributed by atoms with Crippen LogP contribution in [0.3, 0.4) is 0 Å². The summed E-state index contributed by atoms with van der Waals surface area (Å²) in [4.78, 5) is 29.5. The molecule has 6 heteroatoms. The van der Waals surface area contributed by atoms with Crippen molar-refractivity contribution in [1.82, 2.24) is 4.98 Å². The standard InChI is InChI=1S/C17H15N3O2S/c1-3-20(12(2)21)17-19-15(11-23-17)7-8-16(22)14-6-4-5-13(9-14)10-18/h4-9,11H,3H2,1-2H3/b8-7+. The van der Waals surface area contributed by atoms with Gasteiger partial charge in [0.1, 0.15) is 0 Å². The van der Waals surface area contributed by atoms with E-state index in [4.69, 9.17) is 5.26 Å². The Labute approximate surface area is 138 Å². The number of amides is 1. The zero-order valence-corrected chi connectivity index (χ0v) is 13.6. The van der Waals surface area contributed by atoms with Crippen LogP contribution in [0.15, 0.2) is 35.7 Å². The summed E-state index contributed by atoms with van der Waals surface area (Å²) in [5.74, 6) is -0.266. The molecule has 5 nitrogen and oxygen atoms in total. The highest BCUT2D eigenvalue weighted by molar-refractivity contribution is 7.14. The number of carbonyl (C=O) groups excluding carboxylic acids is 2. The molecule has 2 aromatic rings. The molecule has 0 aliphatic heterocycles. The molecule has 0 saturated carbocycles. The van der Waals surface area contributed by atoms with E-state index in [-0.39, 0.29) is 11.7 Å². The summed E-state index contributed by atoms with van der Waals surface area (Å²) < 4.78 is 0. The van der Waals surface area contributed by atoms with Gasteiger partial charge in [-0.3, -0.25) is 14.5 Å². The van der Waals surface area contributed by atoms with E-state index in [0.717, 1.165) is 0 Å². The van der Waals surface area contributed by atoms with Gasteiger partial charge in [-0.05, 0) is 31.2 Å². The third-order valence-corrected chi connectivity index (χ3v) is 4.00. The van der Waals surface area contributed by atoms with E-state index in [2.05, 4.69) is 4.98 Å². The van der Waals surface area contributed by atoms with E-state index < -0.39 is 0 Å². The number of nitrogens with zero attached hydrogens (tertiary/aromatic N) is 3. The molecule has 0 aliphatic carbocycles. The first-order valence-electron chi connectivity index (χ1n) is 7.01. The largest absolute Gasteiger partial charge is 0.289 e. The number of nitriles is 1. The first kappa shape index (κ1) is 16.6. The molecule has 0 bridgehead atoms. The van der Waals surface area contributed by atoms with Gasteiger partial charge in [-0.25, -0.2) is 4.98 Å². The van der Waals surface area contributed by atoms with Gasteiger partial charge in [0.2, 0.25) is 5.91 Å². The number of rotatable bonds is 5. The number of thiazole rings is 1. The third-order valence-electron chi connectivity index (χ3n) is 3.12. The minimum Gasteiger partial charge on any atom is -0.289 e. The van der Waals surface area contributed by atoms with E-state index in [1.54, 1.807) is 40.6 Å². The number of aromatic nitrogens is 1. The minimum atomic E-state index is -0.199. The average Bonchev–Trinajstić information content (AvgIpc) is 3.01. The molecule has 0 N–H and O–H groups in total. The minimum absolute atomic E-state index is 0.0678. The van der Waals surface area contributed by atoms with Crippen LogP contribution in [-0.4, -0.2) is 23.2 Å². The van der Waals surface area contributed by atoms with Crippen molar-refractivity contribution in [2.75, 3.05) is 11.4 Å². The summed E-state index contributed by atoms with van der Waals surface area (Å²) in [6.45, 7) is 3.92. The van der Waals surface area contributed by atoms with Gasteiger partial charge in [0.15, 0.2) is 10.9 Å². The van der Waals surface area contributed by atoms with Crippen LogP contribution in [-0.2, 0) is 4.79 Å². The molecule has 0 radical (unpaired) electrons. The van der Waals surface area contributed by atoms with E-state index in [9.17, 15) is 9.59 Å². The SMILES string of the molecule is CCN(C(C)=O)c1nc(/C=C/C(=O)c2cccc(C#N)c2)cs1. The molecule has 0 saturated heterocycles. The van der Waals surface area contributed by atoms with Crippen molar-refractivity contribution in [2.45, 2.75) is 13.8 Å². The van der Waals surface area contributed by atoms with Crippen molar-refractivity contribution in [3.63, 3.8) is 0 Å². The molecule has 0 aliphatic rings. The molecule has 1 aromatic carbocycles. The van der Waals surface area contributed by atoms with Crippen LogP contribution in [0.4, 0.5) is 5.13 Å². The Morgan fingerprint density at radius 3 is 2.87 bits per heavy atom. The Balaban J connectivity index is 2.14. The molecule has 1 aromatic heterocycles.